The second kappa shape index (κ2) is 4.71. The lowest BCUT2D eigenvalue weighted by molar-refractivity contribution is -0.106. The van der Waals surface area contributed by atoms with Gasteiger partial charge in [-0.15, -0.1) is 0 Å². The van der Waals surface area contributed by atoms with Gasteiger partial charge < -0.3 is 9.84 Å². The molecule has 19 heavy (non-hydrogen) atoms. The molecule has 3 aliphatic rings. The summed E-state index contributed by atoms with van der Waals surface area (Å²) < 4.78 is 5.49. The van der Waals surface area contributed by atoms with E-state index in [4.69, 9.17) is 4.74 Å². The molecule has 1 spiro atoms. The highest BCUT2D eigenvalue weighted by atomic mass is 16.5. The molecule has 110 valence electrons. The quantitative estimate of drug-likeness (QED) is 0.853. The van der Waals surface area contributed by atoms with Gasteiger partial charge in [0.2, 0.25) is 0 Å². The second-order valence-electron chi connectivity index (χ2n) is 7.69. The molecule has 3 nitrogen and oxygen atoms in total. The van der Waals surface area contributed by atoms with Gasteiger partial charge in [0.05, 0.1) is 0 Å². The van der Waals surface area contributed by atoms with Crippen molar-refractivity contribution in [2.75, 3.05) is 19.8 Å². The molecule has 0 aromatic rings. The molecule has 3 fully saturated rings. The topological polar surface area (TPSA) is 32.7 Å². The summed E-state index contributed by atoms with van der Waals surface area (Å²) in [7, 11) is 0. The third-order valence-corrected chi connectivity index (χ3v) is 6.29. The average molecular weight is 267 g/mol. The number of nitrogens with zero attached hydrogens (tertiary/aromatic N) is 1. The van der Waals surface area contributed by atoms with Gasteiger partial charge in [-0.3, -0.25) is 4.90 Å². The van der Waals surface area contributed by atoms with Crippen molar-refractivity contribution >= 4 is 0 Å². The van der Waals surface area contributed by atoms with Gasteiger partial charge in [0.25, 0.3) is 0 Å². The Hall–Kier alpha value is -0.120. The molecule has 1 aliphatic carbocycles. The minimum absolute atomic E-state index is 0.233. The fourth-order valence-corrected chi connectivity index (χ4v) is 4.19. The highest BCUT2D eigenvalue weighted by Crippen LogP contribution is 2.55. The van der Waals surface area contributed by atoms with Gasteiger partial charge >= 0.3 is 0 Å². The largest absolute Gasteiger partial charge is 0.381 e. The van der Waals surface area contributed by atoms with E-state index in [9.17, 15) is 5.11 Å². The lowest BCUT2D eigenvalue weighted by atomic mass is 9.71. The molecular weight excluding hydrogens is 238 g/mol. The van der Waals surface area contributed by atoms with Crippen molar-refractivity contribution < 1.29 is 9.84 Å². The van der Waals surface area contributed by atoms with Crippen molar-refractivity contribution in [1.29, 1.82) is 0 Å². The molecule has 1 N–H and O–H groups in total. The van der Waals surface area contributed by atoms with Gasteiger partial charge in [-0.25, -0.2) is 0 Å². The maximum absolute atomic E-state index is 10.9. The Morgan fingerprint density at radius 1 is 1.21 bits per heavy atom. The van der Waals surface area contributed by atoms with Gasteiger partial charge in [0.1, 0.15) is 6.23 Å². The van der Waals surface area contributed by atoms with Crippen molar-refractivity contribution in [1.82, 2.24) is 4.90 Å². The Labute approximate surface area is 117 Å². The second-order valence-corrected chi connectivity index (χ2v) is 7.69. The van der Waals surface area contributed by atoms with Crippen molar-refractivity contribution in [3.05, 3.63) is 0 Å². The fourth-order valence-electron chi connectivity index (χ4n) is 4.19. The van der Waals surface area contributed by atoms with Crippen molar-refractivity contribution in [3.8, 4) is 0 Å². The Morgan fingerprint density at radius 2 is 1.84 bits per heavy atom. The highest BCUT2D eigenvalue weighted by molar-refractivity contribution is 5.04. The summed E-state index contributed by atoms with van der Waals surface area (Å²) >= 11 is 0. The molecule has 0 bridgehead atoms. The number of rotatable bonds is 3. The van der Waals surface area contributed by atoms with Crippen LogP contribution < -0.4 is 0 Å². The molecule has 1 saturated carbocycles. The molecule has 3 atom stereocenters. The van der Waals surface area contributed by atoms with Crippen LogP contribution in [0.4, 0.5) is 0 Å². The first-order valence-corrected chi connectivity index (χ1v) is 7.97. The van der Waals surface area contributed by atoms with E-state index in [-0.39, 0.29) is 11.6 Å². The van der Waals surface area contributed by atoms with Crippen LogP contribution in [-0.2, 0) is 4.74 Å². The number of aliphatic hydroxyl groups is 1. The fraction of sp³-hybridized carbons (Fsp3) is 1.00. The van der Waals surface area contributed by atoms with Crippen LogP contribution in [0.25, 0.3) is 0 Å². The van der Waals surface area contributed by atoms with Gasteiger partial charge in [-0.05, 0) is 49.9 Å². The van der Waals surface area contributed by atoms with Crippen LogP contribution in [-0.4, -0.2) is 42.0 Å². The molecular formula is C16H29NO2. The minimum Gasteiger partial charge on any atom is -0.381 e. The predicted molar refractivity (Wildman–Crippen MR) is 75.8 cm³/mol. The summed E-state index contributed by atoms with van der Waals surface area (Å²) in [6.07, 6.45) is 5.92. The van der Waals surface area contributed by atoms with Crippen molar-refractivity contribution in [3.63, 3.8) is 0 Å². The molecule has 2 unspecified atom stereocenters. The molecule has 2 heterocycles. The van der Waals surface area contributed by atoms with Crippen LogP contribution in [0.3, 0.4) is 0 Å². The van der Waals surface area contributed by atoms with E-state index in [0.717, 1.165) is 32.6 Å². The predicted octanol–water partition coefficient (Wildman–Crippen LogP) is 2.63. The van der Waals surface area contributed by atoms with Crippen LogP contribution in [0.5, 0.6) is 0 Å². The first-order chi connectivity index (χ1) is 8.96. The summed E-state index contributed by atoms with van der Waals surface area (Å²) in [6, 6.07) is 0.545. The van der Waals surface area contributed by atoms with Crippen molar-refractivity contribution in [2.24, 2.45) is 16.7 Å². The van der Waals surface area contributed by atoms with Crippen LogP contribution in [0, 0.1) is 16.7 Å². The van der Waals surface area contributed by atoms with Crippen LogP contribution in [0.15, 0.2) is 0 Å². The summed E-state index contributed by atoms with van der Waals surface area (Å²) in [4.78, 5) is 2.37. The zero-order valence-electron chi connectivity index (χ0n) is 12.7. The van der Waals surface area contributed by atoms with Gasteiger partial charge in [0, 0.05) is 31.7 Å². The van der Waals surface area contributed by atoms with Gasteiger partial charge in [0.15, 0.2) is 0 Å². The smallest absolute Gasteiger partial charge is 0.110 e. The number of aliphatic hydroxyl groups excluding tert-OH is 1. The van der Waals surface area contributed by atoms with Gasteiger partial charge in [-0.1, -0.05) is 13.8 Å². The van der Waals surface area contributed by atoms with Crippen LogP contribution in [0.2, 0.25) is 0 Å². The summed E-state index contributed by atoms with van der Waals surface area (Å²) in [5, 5.41) is 10.9. The zero-order chi connectivity index (χ0) is 13.7. The molecule has 3 rings (SSSR count). The average Bonchev–Trinajstić information content (AvgIpc) is 3.05. The maximum atomic E-state index is 10.9. The number of hydrogen-bond acceptors (Lipinski definition) is 3. The standard InChI is InChI=1S/C16H29NO2/c1-12-10-16(4-5-16)11-17(12)14(18)13(2)15(3)6-8-19-9-7-15/h12-14,18H,4-11H2,1-3H3/t12-,13?,14?/m1/s1. The van der Waals surface area contributed by atoms with E-state index in [2.05, 4.69) is 25.7 Å². The zero-order valence-corrected chi connectivity index (χ0v) is 12.7. The number of likely N-dealkylation sites (tertiary alicyclic amines) is 1. The van der Waals surface area contributed by atoms with Gasteiger partial charge in [-0.2, -0.15) is 0 Å². The van der Waals surface area contributed by atoms with E-state index in [1.807, 2.05) is 0 Å². The third kappa shape index (κ3) is 2.45. The molecule has 0 aromatic carbocycles. The lowest BCUT2D eigenvalue weighted by Gasteiger charge is -2.44. The van der Waals surface area contributed by atoms with Crippen LogP contribution in [0.1, 0.15) is 52.9 Å². The molecule has 0 aromatic heterocycles. The number of ether oxygens (including phenoxy) is 1. The van der Waals surface area contributed by atoms with E-state index < -0.39 is 0 Å². The normalized spacial score (nSPS) is 36.3. The molecule has 2 aliphatic heterocycles. The third-order valence-electron chi connectivity index (χ3n) is 6.29. The maximum Gasteiger partial charge on any atom is 0.110 e. The molecule has 3 heteroatoms. The Bertz CT molecular complexity index is 334. The minimum atomic E-state index is -0.280. The Balaban J connectivity index is 1.67. The van der Waals surface area contributed by atoms with Crippen LogP contribution >= 0.6 is 0 Å². The SMILES string of the molecule is CC(C(O)N1CC2(CC2)C[C@H]1C)C1(C)CCOCC1. The number of hydrogen-bond donors (Lipinski definition) is 1. The first kappa shape index (κ1) is 13.8. The molecule has 0 radical (unpaired) electrons. The van der Waals surface area contributed by atoms with E-state index >= 15 is 0 Å². The summed E-state index contributed by atoms with van der Waals surface area (Å²) in [5.74, 6) is 0.327. The monoisotopic (exact) mass is 267 g/mol. The highest BCUT2D eigenvalue weighted by Gasteiger charge is 2.53. The summed E-state index contributed by atoms with van der Waals surface area (Å²) in [6.45, 7) is 9.68. The van der Waals surface area contributed by atoms with E-state index in [1.54, 1.807) is 0 Å². The Morgan fingerprint density at radius 3 is 2.37 bits per heavy atom. The molecule has 2 saturated heterocycles. The van der Waals surface area contributed by atoms with E-state index in [0.29, 0.717) is 17.4 Å². The molecule has 0 amide bonds. The van der Waals surface area contributed by atoms with E-state index in [1.165, 1.54) is 19.3 Å². The summed E-state index contributed by atoms with van der Waals surface area (Å²) in [5.41, 5.74) is 0.813. The van der Waals surface area contributed by atoms with Crippen molar-refractivity contribution in [2.45, 2.75) is 65.1 Å². The Kier molecular flexibility index (Phi) is 3.43. The first-order valence-electron chi connectivity index (χ1n) is 7.97. The lowest BCUT2D eigenvalue weighted by Crippen LogP contribution is -2.48.